The summed E-state index contributed by atoms with van der Waals surface area (Å²) in [5.41, 5.74) is 1.22. The highest BCUT2D eigenvalue weighted by atomic mass is 19.1. The number of hydrogen-bond acceptors (Lipinski definition) is 3. The fourth-order valence-corrected chi connectivity index (χ4v) is 2.37. The lowest BCUT2D eigenvalue weighted by Gasteiger charge is -2.16. The molecule has 3 rings (SSSR count). The zero-order valence-electron chi connectivity index (χ0n) is 10.1. The fraction of sp³-hybridized carbons (Fsp3) is 0.462. The second-order valence-corrected chi connectivity index (χ2v) is 4.87. The topological polar surface area (TPSA) is 50.4 Å². The number of halogens is 1. The van der Waals surface area contributed by atoms with Gasteiger partial charge in [-0.1, -0.05) is 0 Å². The summed E-state index contributed by atoms with van der Waals surface area (Å²) in [6, 6.07) is 3.04. The van der Waals surface area contributed by atoms with Gasteiger partial charge in [0.15, 0.2) is 11.6 Å². The second kappa shape index (κ2) is 4.15. The molecule has 1 fully saturated rings. The van der Waals surface area contributed by atoms with E-state index in [4.69, 9.17) is 4.74 Å². The first-order chi connectivity index (χ1) is 8.67. The average molecular weight is 250 g/mol. The molecule has 0 aromatic heterocycles. The van der Waals surface area contributed by atoms with Gasteiger partial charge in [-0.05, 0) is 18.8 Å². The Morgan fingerprint density at radius 2 is 2.11 bits per heavy atom. The van der Waals surface area contributed by atoms with E-state index in [0.29, 0.717) is 18.0 Å². The minimum atomic E-state index is -0.469. The van der Waals surface area contributed by atoms with Crippen molar-refractivity contribution < 1.29 is 13.9 Å². The van der Waals surface area contributed by atoms with Crippen LogP contribution in [0, 0.1) is 11.7 Å². The number of hydrogen-bond donors (Lipinski definition) is 2. The molecular formula is C13H15FN2O2. The maximum absolute atomic E-state index is 13.6. The van der Waals surface area contributed by atoms with E-state index in [0.717, 1.165) is 18.5 Å². The minimum Gasteiger partial charge on any atom is -0.494 e. The SMILES string of the molecule is COc1cc2c(cc1F)NC(=O)CC(C1CC1)N2. The molecule has 1 aliphatic carbocycles. The third-order valence-electron chi connectivity index (χ3n) is 3.50. The molecule has 1 aliphatic heterocycles. The summed E-state index contributed by atoms with van der Waals surface area (Å²) in [6.45, 7) is 0. The van der Waals surface area contributed by atoms with E-state index in [1.165, 1.54) is 13.2 Å². The van der Waals surface area contributed by atoms with Crippen molar-refractivity contribution in [2.24, 2.45) is 5.92 Å². The van der Waals surface area contributed by atoms with Crippen LogP contribution in [0.25, 0.3) is 0 Å². The molecule has 1 aromatic rings. The van der Waals surface area contributed by atoms with Crippen LogP contribution >= 0.6 is 0 Å². The maximum Gasteiger partial charge on any atom is 0.226 e. The van der Waals surface area contributed by atoms with E-state index in [2.05, 4.69) is 10.6 Å². The Hall–Kier alpha value is -1.78. The van der Waals surface area contributed by atoms with Crippen LogP contribution in [0.5, 0.6) is 5.75 Å². The van der Waals surface area contributed by atoms with Crippen molar-refractivity contribution in [2.45, 2.75) is 25.3 Å². The van der Waals surface area contributed by atoms with Gasteiger partial charge in [0.1, 0.15) is 0 Å². The van der Waals surface area contributed by atoms with Gasteiger partial charge in [0.25, 0.3) is 0 Å². The number of rotatable bonds is 2. The van der Waals surface area contributed by atoms with E-state index in [1.807, 2.05) is 0 Å². The molecule has 0 radical (unpaired) electrons. The lowest BCUT2D eigenvalue weighted by atomic mass is 10.1. The number of carbonyl (C=O) groups is 1. The zero-order valence-corrected chi connectivity index (χ0v) is 10.1. The summed E-state index contributed by atoms with van der Waals surface area (Å²) in [4.78, 5) is 11.7. The molecular weight excluding hydrogens is 235 g/mol. The van der Waals surface area contributed by atoms with Crippen LogP contribution in [0.3, 0.4) is 0 Å². The standard InChI is InChI=1S/C13H15FN2O2/c1-18-12-5-11-10(4-8(12)14)16-13(17)6-9(15-11)7-2-3-7/h4-5,7,9,15H,2-3,6H2,1H3,(H,16,17). The van der Waals surface area contributed by atoms with Gasteiger partial charge >= 0.3 is 0 Å². The maximum atomic E-state index is 13.6. The molecule has 0 saturated heterocycles. The first-order valence-electron chi connectivity index (χ1n) is 6.11. The summed E-state index contributed by atoms with van der Waals surface area (Å²) >= 11 is 0. The van der Waals surface area contributed by atoms with Gasteiger partial charge in [0, 0.05) is 24.6 Å². The molecule has 0 bridgehead atoms. The monoisotopic (exact) mass is 250 g/mol. The van der Waals surface area contributed by atoms with Crippen molar-refractivity contribution >= 4 is 17.3 Å². The van der Waals surface area contributed by atoms with E-state index in [1.54, 1.807) is 6.07 Å². The van der Waals surface area contributed by atoms with Gasteiger partial charge in [-0.2, -0.15) is 0 Å². The Morgan fingerprint density at radius 1 is 1.33 bits per heavy atom. The van der Waals surface area contributed by atoms with Crippen molar-refractivity contribution in [2.75, 3.05) is 17.7 Å². The quantitative estimate of drug-likeness (QED) is 0.847. The number of fused-ring (bicyclic) bond motifs is 1. The van der Waals surface area contributed by atoms with Crippen LogP contribution in [0.1, 0.15) is 19.3 Å². The van der Waals surface area contributed by atoms with Gasteiger partial charge in [-0.15, -0.1) is 0 Å². The zero-order chi connectivity index (χ0) is 12.7. The second-order valence-electron chi connectivity index (χ2n) is 4.87. The van der Waals surface area contributed by atoms with Crippen LogP contribution in [0.4, 0.5) is 15.8 Å². The highest BCUT2D eigenvalue weighted by molar-refractivity contribution is 5.96. The molecule has 2 aliphatic rings. The summed E-state index contributed by atoms with van der Waals surface area (Å²) < 4.78 is 18.6. The van der Waals surface area contributed by atoms with Crippen LogP contribution < -0.4 is 15.4 Å². The summed E-state index contributed by atoms with van der Waals surface area (Å²) in [5, 5.41) is 6.05. The highest BCUT2D eigenvalue weighted by Gasteiger charge is 2.34. The lowest BCUT2D eigenvalue weighted by Crippen LogP contribution is -2.24. The third-order valence-corrected chi connectivity index (χ3v) is 3.50. The molecule has 1 atom stereocenters. The van der Waals surface area contributed by atoms with Crippen molar-refractivity contribution in [3.63, 3.8) is 0 Å². The van der Waals surface area contributed by atoms with E-state index in [9.17, 15) is 9.18 Å². The summed E-state index contributed by atoms with van der Waals surface area (Å²) in [5.74, 6) is 0.204. The largest absolute Gasteiger partial charge is 0.494 e. The number of anilines is 2. The first kappa shape index (κ1) is 11.3. The number of carbonyl (C=O) groups excluding carboxylic acids is 1. The molecule has 1 unspecified atom stereocenters. The Bertz CT molecular complexity index is 500. The number of benzene rings is 1. The Morgan fingerprint density at radius 3 is 2.78 bits per heavy atom. The number of amides is 1. The van der Waals surface area contributed by atoms with Gasteiger partial charge in [0.05, 0.1) is 18.5 Å². The predicted molar refractivity (Wildman–Crippen MR) is 66.3 cm³/mol. The first-order valence-corrected chi connectivity index (χ1v) is 6.11. The van der Waals surface area contributed by atoms with Crippen molar-refractivity contribution in [3.05, 3.63) is 17.9 Å². The molecule has 1 amide bonds. The highest BCUT2D eigenvalue weighted by Crippen LogP contribution is 2.40. The van der Waals surface area contributed by atoms with E-state index >= 15 is 0 Å². The molecule has 96 valence electrons. The summed E-state index contributed by atoms with van der Waals surface area (Å²) in [7, 11) is 1.43. The third kappa shape index (κ3) is 2.00. The molecule has 0 spiro atoms. The molecule has 5 heteroatoms. The molecule has 1 heterocycles. The average Bonchev–Trinajstić information content (AvgIpc) is 3.13. The molecule has 2 N–H and O–H groups in total. The Balaban J connectivity index is 1.97. The number of nitrogens with one attached hydrogen (secondary N) is 2. The smallest absolute Gasteiger partial charge is 0.226 e. The van der Waals surface area contributed by atoms with Gasteiger partial charge in [0.2, 0.25) is 5.91 Å². The predicted octanol–water partition coefficient (Wildman–Crippen LogP) is 2.37. The Labute approximate surface area is 105 Å². The normalized spacial score (nSPS) is 22.6. The van der Waals surface area contributed by atoms with Crippen LogP contribution in [-0.2, 0) is 4.79 Å². The van der Waals surface area contributed by atoms with Gasteiger partial charge in [-0.3, -0.25) is 4.79 Å². The van der Waals surface area contributed by atoms with Crippen LogP contribution in [0.15, 0.2) is 12.1 Å². The molecule has 1 aromatic carbocycles. The van der Waals surface area contributed by atoms with Gasteiger partial charge in [-0.25, -0.2) is 4.39 Å². The Kier molecular flexibility index (Phi) is 2.61. The molecule has 18 heavy (non-hydrogen) atoms. The molecule has 4 nitrogen and oxygen atoms in total. The van der Waals surface area contributed by atoms with Gasteiger partial charge < -0.3 is 15.4 Å². The fourth-order valence-electron chi connectivity index (χ4n) is 2.37. The number of methoxy groups -OCH3 is 1. The minimum absolute atomic E-state index is 0.0669. The van der Waals surface area contributed by atoms with Crippen LogP contribution in [0.2, 0.25) is 0 Å². The van der Waals surface area contributed by atoms with Crippen molar-refractivity contribution in [1.82, 2.24) is 0 Å². The molecule has 1 saturated carbocycles. The van der Waals surface area contributed by atoms with E-state index < -0.39 is 5.82 Å². The summed E-state index contributed by atoms with van der Waals surface area (Å²) in [6.07, 6.45) is 2.74. The lowest BCUT2D eigenvalue weighted by molar-refractivity contribution is -0.116. The van der Waals surface area contributed by atoms with Crippen molar-refractivity contribution in [3.8, 4) is 5.75 Å². The number of ether oxygens (including phenoxy) is 1. The van der Waals surface area contributed by atoms with Crippen LogP contribution in [-0.4, -0.2) is 19.1 Å². The van der Waals surface area contributed by atoms with E-state index in [-0.39, 0.29) is 17.7 Å². The van der Waals surface area contributed by atoms with Crippen molar-refractivity contribution in [1.29, 1.82) is 0 Å².